The molecule has 0 spiro atoms. The zero-order chi connectivity index (χ0) is 22.8. The molecule has 3 heterocycles. The van der Waals surface area contributed by atoms with Crippen LogP contribution in [0.2, 0.25) is 5.02 Å². The molecule has 5 rings (SSSR count). The van der Waals surface area contributed by atoms with E-state index in [0.29, 0.717) is 22.5 Å². The van der Waals surface area contributed by atoms with E-state index in [-0.39, 0.29) is 11.2 Å². The summed E-state index contributed by atoms with van der Waals surface area (Å²) in [6, 6.07) is 17.4. The lowest BCUT2D eigenvalue weighted by molar-refractivity contribution is -0.00707. The molecule has 0 saturated heterocycles. The number of fused-ring (bicyclic) bond motifs is 3. The van der Waals surface area contributed by atoms with Crippen LogP contribution in [0, 0.1) is 0 Å². The minimum Gasteiger partial charge on any atom is -0.365 e. The monoisotopic (exact) mass is 449 g/mol. The standard InChI is InChI=1S/C25H24ClN3O3/c1-25(2)14-32-22(16-8-6-5-7-9-16)21-20-18(23(30)28(4)24(31)27(20)3)19(29(21)25)15-10-12-17(26)13-11-15/h5-13,22H,14H2,1-4H3/t22-/m0/s1. The van der Waals surface area contributed by atoms with Crippen molar-refractivity contribution < 1.29 is 4.74 Å². The van der Waals surface area contributed by atoms with E-state index in [1.54, 1.807) is 11.6 Å². The van der Waals surface area contributed by atoms with E-state index in [1.165, 1.54) is 11.6 Å². The third-order valence-corrected chi connectivity index (χ3v) is 6.54. The summed E-state index contributed by atoms with van der Waals surface area (Å²) in [6.07, 6.45) is -0.412. The number of benzene rings is 2. The highest BCUT2D eigenvalue weighted by Gasteiger charge is 2.40. The minimum absolute atomic E-state index is 0.322. The highest BCUT2D eigenvalue weighted by Crippen LogP contribution is 2.45. The largest absolute Gasteiger partial charge is 0.365 e. The molecular formula is C25H24ClN3O3. The van der Waals surface area contributed by atoms with Gasteiger partial charge in [0.1, 0.15) is 6.10 Å². The molecule has 7 heteroatoms. The topological polar surface area (TPSA) is 58.2 Å². The van der Waals surface area contributed by atoms with Crippen molar-refractivity contribution in [2.75, 3.05) is 6.61 Å². The average Bonchev–Trinajstić information content (AvgIpc) is 3.15. The predicted octanol–water partition coefficient (Wildman–Crippen LogP) is 4.21. The van der Waals surface area contributed by atoms with Crippen molar-refractivity contribution in [1.29, 1.82) is 0 Å². The van der Waals surface area contributed by atoms with Gasteiger partial charge in [0.05, 0.1) is 34.4 Å². The van der Waals surface area contributed by atoms with Gasteiger partial charge in [-0.3, -0.25) is 13.9 Å². The molecule has 0 fully saturated rings. The Morgan fingerprint density at radius 1 is 0.969 bits per heavy atom. The minimum atomic E-state index is -0.449. The fourth-order valence-corrected chi connectivity index (χ4v) is 4.89. The molecule has 2 aromatic carbocycles. The van der Waals surface area contributed by atoms with Gasteiger partial charge in [-0.1, -0.05) is 54.1 Å². The predicted molar refractivity (Wildman–Crippen MR) is 126 cm³/mol. The summed E-state index contributed by atoms with van der Waals surface area (Å²) in [5.74, 6) is 0. The number of halogens is 1. The molecule has 164 valence electrons. The van der Waals surface area contributed by atoms with Gasteiger partial charge in [-0.15, -0.1) is 0 Å². The second-order valence-electron chi connectivity index (χ2n) is 8.92. The van der Waals surface area contributed by atoms with Gasteiger partial charge in [0.25, 0.3) is 5.56 Å². The van der Waals surface area contributed by atoms with Crippen molar-refractivity contribution in [2.45, 2.75) is 25.5 Å². The van der Waals surface area contributed by atoms with E-state index in [1.807, 2.05) is 54.6 Å². The molecule has 4 aromatic rings. The van der Waals surface area contributed by atoms with Crippen molar-refractivity contribution >= 4 is 22.5 Å². The summed E-state index contributed by atoms with van der Waals surface area (Å²) < 4.78 is 11.3. The maximum absolute atomic E-state index is 13.5. The Hall–Kier alpha value is -3.09. The molecule has 32 heavy (non-hydrogen) atoms. The van der Waals surface area contributed by atoms with E-state index < -0.39 is 11.6 Å². The van der Waals surface area contributed by atoms with E-state index >= 15 is 0 Å². The van der Waals surface area contributed by atoms with Crippen molar-refractivity contribution in [1.82, 2.24) is 13.7 Å². The molecule has 0 saturated carbocycles. The van der Waals surface area contributed by atoms with E-state index in [9.17, 15) is 9.59 Å². The summed E-state index contributed by atoms with van der Waals surface area (Å²) >= 11 is 6.16. The first-order chi connectivity index (χ1) is 15.2. The van der Waals surface area contributed by atoms with Crippen LogP contribution in [0.5, 0.6) is 0 Å². The van der Waals surface area contributed by atoms with Crippen molar-refractivity contribution in [3.05, 3.63) is 91.7 Å². The van der Waals surface area contributed by atoms with E-state index in [0.717, 1.165) is 22.5 Å². The van der Waals surface area contributed by atoms with E-state index in [4.69, 9.17) is 16.3 Å². The van der Waals surface area contributed by atoms with Crippen LogP contribution in [0.1, 0.15) is 31.2 Å². The van der Waals surface area contributed by atoms with Gasteiger partial charge in [0, 0.05) is 19.1 Å². The van der Waals surface area contributed by atoms with Crippen LogP contribution in [0.4, 0.5) is 0 Å². The fourth-order valence-electron chi connectivity index (χ4n) is 4.76. The molecule has 0 aliphatic carbocycles. The Labute approximate surface area is 190 Å². The van der Waals surface area contributed by atoms with Gasteiger partial charge in [0.15, 0.2) is 0 Å². The molecule has 0 bridgehead atoms. The zero-order valence-corrected chi connectivity index (χ0v) is 19.2. The number of hydrogen-bond acceptors (Lipinski definition) is 3. The SMILES string of the molecule is Cn1c(=O)c2c(-c3ccc(Cl)cc3)n3c(c2n(C)c1=O)[C@H](c1ccccc1)OCC3(C)C. The lowest BCUT2D eigenvalue weighted by atomic mass is 9.98. The first-order valence-corrected chi connectivity index (χ1v) is 10.9. The first-order valence-electron chi connectivity index (χ1n) is 10.5. The van der Waals surface area contributed by atoms with Crippen LogP contribution in [0.3, 0.4) is 0 Å². The lowest BCUT2D eigenvalue weighted by Crippen LogP contribution is -2.40. The fraction of sp³-hybridized carbons (Fsp3) is 0.280. The van der Waals surface area contributed by atoms with Crippen LogP contribution in [-0.4, -0.2) is 20.3 Å². The van der Waals surface area contributed by atoms with Crippen LogP contribution < -0.4 is 11.2 Å². The smallest absolute Gasteiger partial charge is 0.331 e. The number of aryl methyl sites for hydroxylation is 1. The van der Waals surface area contributed by atoms with Gasteiger partial charge in [-0.2, -0.15) is 0 Å². The zero-order valence-electron chi connectivity index (χ0n) is 18.4. The summed E-state index contributed by atoms with van der Waals surface area (Å²) in [7, 11) is 3.23. The highest BCUT2D eigenvalue weighted by atomic mass is 35.5. The second-order valence-corrected chi connectivity index (χ2v) is 9.36. The number of hydrogen-bond donors (Lipinski definition) is 0. The Balaban J connectivity index is 2.02. The maximum Gasteiger partial charge on any atom is 0.331 e. The van der Waals surface area contributed by atoms with Crippen molar-refractivity contribution in [3.8, 4) is 11.3 Å². The highest BCUT2D eigenvalue weighted by molar-refractivity contribution is 6.30. The Morgan fingerprint density at radius 3 is 2.28 bits per heavy atom. The molecular weight excluding hydrogens is 426 g/mol. The molecule has 0 amide bonds. The molecule has 1 atom stereocenters. The second kappa shape index (κ2) is 7.22. The molecule has 0 unspecified atom stereocenters. The summed E-state index contributed by atoms with van der Waals surface area (Å²) in [4.78, 5) is 26.4. The summed E-state index contributed by atoms with van der Waals surface area (Å²) in [5, 5.41) is 1.12. The molecule has 0 N–H and O–H groups in total. The molecule has 0 radical (unpaired) electrons. The number of nitrogens with zero attached hydrogens (tertiary/aromatic N) is 3. The number of aromatic nitrogens is 3. The van der Waals surface area contributed by atoms with Gasteiger partial charge >= 0.3 is 5.69 Å². The van der Waals surface area contributed by atoms with Crippen LogP contribution in [-0.2, 0) is 24.4 Å². The average molecular weight is 450 g/mol. The van der Waals surface area contributed by atoms with Gasteiger partial charge in [0.2, 0.25) is 0 Å². The Kier molecular flexibility index (Phi) is 4.69. The normalized spacial score (nSPS) is 17.5. The van der Waals surface area contributed by atoms with Crippen LogP contribution in [0.25, 0.3) is 22.2 Å². The van der Waals surface area contributed by atoms with E-state index in [2.05, 4.69) is 18.4 Å². The first kappa shape index (κ1) is 20.8. The quantitative estimate of drug-likeness (QED) is 0.460. The summed E-state index contributed by atoms with van der Waals surface area (Å²) in [6.45, 7) is 4.62. The molecule has 1 aliphatic rings. The van der Waals surface area contributed by atoms with Gasteiger partial charge in [-0.05, 0) is 37.1 Å². The lowest BCUT2D eigenvalue weighted by Gasteiger charge is -2.39. The maximum atomic E-state index is 13.5. The molecule has 1 aliphatic heterocycles. The summed E-state index contributed by atoms with van der Waals surface area (Å²) in [5.41, 5.74) is 2.88. The van der Waals surface area contributed by atoms with Crippen LogP contribution >= 0.6 is 11.6 Å². The van der Waals surface area contributed by atoms with Crippen molar-refractivity contribution in [3.63, 3.8) is 0 Å². The third-order valence-electron chi connectivity index (χ3n) is 6.29. The Morgan fingerprint density at radius 2 is 1.62 bits per heavy atom. The van der Waals surface area contributed by atoms with Gasteiger partial charge < -0.3 is 9.30 Å². The number of ether oxygens (including phenoxy) is 1. The Bertz CT molecular complexity index is 1460. The van der Waals surface area contributed by atoms with Crippen molar-refractivity contribution in [2.24, 2.45) is 14.1 Å². The number of rotatable bonds is 2. The van der Waals surface area contributed by atoms with Gasteiger partial charge in [-0.25, -0.2) is 4.79 Å². The molecule has 6 nitrogen and oxygen atoms in total. The van der Waals surface area contributed by atoms with Crippen LogP contribution in [0.15, 0.2) is 64.2 Å². The molecule has 2 aromatic heterocycles. The third kappa shape index (κ3) is 2.90.